The van der Waals surface area contributed by atoms with E-state index in [1.54, 1.807) is 18.2 Å². The predicted octanol–water partition coefficient (Wildman–Crippen LogP) is 4.86. The second-order valence-electron chi connectivity index (χ2n) is 7.81. The van der Waals surface area contributed by atoms with Crippen LogP contribution < -0.4 is 4.74 Å². The van der Waals surface area contributed by atoms with E-state index in [0.29, 0.717) is 31.5 Å². The number of ether oxygens (including phenoxy) is 1. The summed E-state index contributed by atoms with van der Waals surface area (Å²) in [4.78, 5) is 26.2. The third-order valence-electron chi connectivity index (χ3n) is 5.29. The molecule has 0 radical (unpaired) electrons. The number of nitrogens with zero attached hydrogens (tertiary/aromatic N) is 1. The van der Waals surface area contributed by atoms with Crippen molar-refractivity contribution >= 4 is 57.1 Å². The molecule has 1 aliphatic heterocycles. The van der Waals surface area contributed by atoms with Crippen molar-refractivity contribution in [2.45, 2.75) is 38.2 Å². The van der Waals surface area contributed by atoms with Crippen LogP contribution in [-0.2, 0) is 4.79 Å². The number of halogens is 2. The number of benzene rings is 2. The quantitative estimate of drug-likeness (QED) is 0.459. The third-order valence-corrected chi connectivity index (χ3v) is 6.93. The van der Waals surface area contributed by atoms with Crippen molar-refractivity contribution in [2.75, 3.05) is 13.1 Å². The molecule has 0 aromatic heterocycles. The highest BCUT2D eigenvalue weighted by molar-refractivity contribution is 14.1. The van der Waals surface area contributed by atoms with Gasteiger partial charge in [-0.25, -0.2) is 4.79 Å². The van der Waals surface area contributed by atoms with Crippen molar-refractivity contribution in [3.63, 3.8) is 0 Å². The van der Waals surface area contributed by atoms with Crippen molar-refractivity contribution < 1.29 is 24.5 Å². The number of carbonyl (C=O) groups is 2. The predicted molar refractivity (Wildman–Crippen MR) is 130 cm³/mol. The van der Waals surface area contributed by atoms with Crippen LogP contribution in [0.2, 0.25) is 0 Å². The summed E-state index contributed by atoms with van der Waals surface area (Å²) in [6, 6.07) is 11.0. The maximum absolute atomic E-state index is 12.9. The number of para-hydroxylation sites is 1. The average Bonchev–Trinajstić information content (AvgIpc) is 2.71. The van der Waals surface area contributed by atoms with Crippen LogP contribution >= 0.6 is 45.2 Å². The van der Waals surface area contributed by atoms with Crippen LogP contribution in [0.25, 0.3) is 0 Å². The van der Waals surface area contributed by atoms with E-state index < -0.39 is 11.6 Å². The summed E-state index contributed by atoms with van der Waals surface area (Å²) in [5.41, 5.74) is 0.236. The fourth-order valence-corrected chi connectivity index (χ4v) is 5.26. The van der Waals surface area contributed by atoms with Gasteiger partial charge in [0.25, 0.3) is 5.91 Å². The molecule has 0 aliphatic carbocycles. The monoisotopic (exact) mass is 635 g/mol. The summed E-state index contributed by atoms with van der Waals surface area (Å²) >= 11 is 4.06. The number of likely N-dealkylation sites (tertiary alicyclic amines) is 1. The number of phenolic OH excluding ortho intramolecular Hbond substituents is 1. The number of amides is 1. The lowest BCUT2D eigenvalue weighted by Gasteiger charge is -2.34. The van der Waals surface area contributed by atoms with Gasteiger partial charge in [-0.3, -0.25) is 4.79 Å². The van der Waals surface area contributed by atoms with Gasteiger partial charge < -0.3 is 19.8 Å². The van der Waals surface area contributed by atoms with E-state index in [4.69, 9.17) is 4.74 Å². The number of hydrogen-bond acceptors (Lipinski definition) is 4. The Hall–Kier alpha value is -1.56. The molecule has 0 unspecified atom stereocenters. The first-order chi connectivity index (χ1) is 14.1. The van der Waals surface area contributed by atoms with E-state index in [-0.39, 0.29) is 17.6 Å². The summed E-state index contributed by atoms with van der Waals surface area (Å²) < 4.78 is 7.14. The molecule has 0 bridgehead atoms. The minimum Gasteiger partial charge on any atom is -0.506 e. The van der Waals surface area contributed by atoms with Crippen LogP contribution in [0.1, 0.15) is 48.5 Å². The zero-order chi connectivity index (χ0) is 22.1. The summed E-state index contributed by atoms with van der Waals surface area (Å²) in [6.45, 7) is 4.28. The summed E-state index contributed by atoms with van der Waals surface area (Å²) in [5.74, 6) is -0.0867. The number of carboxylic acids is 1. The fraction of sp³-hybridized carbons (Fsp3) is 0.364. The largest absolute Gasteiger partial charge is 0.506 e. The lowest BCUT2D eigenvalue weighted by atomic mass is 9.88. The number of rotatable bonds is 5. The Kier molecular flexibility index (Phi) is 7.16. The topological polar surface area (TPSA) is 87.1 Å². The molecule has 1 amide bonds. The number of carbonyl (C=O) groups excluding carboxylic acids is 1. The highest BCUT2D eigenvalue weighted by Gasteiger charge is 2.32. The number of aliphatic carboxylic acids is 1. The van der Waals surface area contributed by atoms with Crippen LogP contribution in [0, 0.1) is 7.14 Å². The lowest BCUT2D eigenvalue weighted by Crippen LogP contribution is -2.39. The number of piperidine rings is 1. The minimum absolute atomic E-state index is 0.0409. The Bertz CT molecular complexity index is 945. The molecular formula is C22H23I2NO5. The van der Waals surface area contributed by atoms with Crippen molar-refractivity contribution in [3.05, 3.63) is 54.7 Å². The van der Waals surface area contributed by atoms with Gasteiger partial charge in [0.05, 0.1) is 7.14 Å². The Balaban J connectivity index is 1.72. The van der Waals surface area contributed by atoms with Gasteiger partial charge in [-0.05, 0) is 102 Å². The highest BCUT2D eigenvalue weighted by Crippen LogP contribution is 2.36. The minimum atomic E-state index is -1.32. The first-order valence-corrected chi connectivity index (χ1v) is 11.7. The molecule has 3 rings (SSSR count). The van der Waals surface area contributed by atoms with E-state index in [9.17, 15) is 19.8 Å². The van der Waals surface area contributed by atoms with Crippen LogP contribution in [0.4, 0.5) is 0 Å². The van der Waals surface area contributed by atoms with E-state index in [1.165, 1.54) is 13.8 Å². The van der Waals surface area contributed by atoms with E-state index >= 15 is 0 Å². The number of aromatic hydroxyl groups is 1. The van der Waals surface area contributed by atoms with Crippen molar-refractivity contribution in [1.29, 1.82) is 0 Å². The standard InChI is InChI=1S/C22H23I2NO5/c1-22(2,21(28)29)30-18-6-4-3-5-15(18)13-7-9-25(10-8-13)20(27)14-11-16(23)19(26)17(24)12-14/h3-6,11-13,26H,7-10H2,1-2H3,(H,28,29). The lowest BCUT2D eigenvalue weighted by molar-refractivity contribution is -0.152. The van der Waals surface area contributed by atoms with Crippen LogP contribution in [0.5, 0.6) is 11.5 Å². The van der Waals surface area contributed by atoms with Gasteiger partial charge >= 0.3 is 5.97 Å². The molecule has 30 heavy (non-hydrogen) atoms. The van der Waals surface area contributed by atoms with Crippen molar-refractivity contribution in [2.24, 2.45) is 0 Å². The van der Waals surface area contributed by atoms with Crippen molar-refractivity contribution in [1.82, 2.24) is 4.90 Å². The molecular weight excluding hydrogens is 612 g/mol. The van der Waals surface area contributed by atoms with Gasteiger partial charge in [-0.1, -0.05) is 18.2 Å². The molecule has 1 heterocycles. The van der Waals surface area contributed by atoms with E-state index in [2.05, 4.69) is 0 Å². The molecule has 1 saturated heterocycles. The van der Waals surface area contributed by atoms with Crippen LogP contribution in [0.3, 0.4) is 0 Å². The SMILES string of the molecule is CC(C)(Oc1ccccc1C1CCN(C(=O)c2cc(I)c(O)c(I)c2)CC1)C(=O)O. The first-order valence-electron chi connectivity index (χ1n) is 9.58. The molecule has 0 atom stereocenters. The second kappa shape index (κ2) is 9.29. The van der Waals surface area contributed by atoms with Gasteiger partial charge in [0, 0.05) is 18.7 Å². The fourth-order valence-electron chi connectivity index (χ4n) is 3.49. The molecule has 8 heteroatoms. The summed E-state index contributed by atoms with van der Waals surface area (Å²) in [7, 11) is 0. The average molecular weight is 635 g/mol. The van der Waals surface area contributed by atoms with Crippen LogP contribution in [-0.4, -0.2) is 45.7 Å². The smallest absolute Gasteiger partial charge is 0.347 e. The van der Waals surface area contributed by atoms with Crippen LogP contribution in [0.15, 0.2) is 36.4 Å². The Morgan fingerprint density at radius 3 is 2.23 bits per heavy atom. The maximum Gasteiger partial charge on any atom is 0.347 e. The molecule has 1 fully saturated rings. The molecule has 0 saturated carbocycles. The van der Waals surface area contributed by atoms with Gasteiger partial charge in [0.1, 0.15) is 11.5 Å². The molecule has 160 valence electrons. The maximum atomic E-state index is 12.9. The van der Waals surface area contributed by atoms with Gasteiger partial charge in [-0.2, -0.15) is 0 Å². The van der Waals surface area contributed by atoms with Gasteiger partial charge in [-0.15, -0.1) is 0 Å². The Labute approximate surface area is 202 Å². The number of carboxylic acid groups (broad SMARTS) is 1. The molecule has 2 aromatic rings. The zero-order valence-corrected chi connectivity index (χ0v) is 21.0. The van der Waals surface area contributed by atoms with Crippen molar-refractivity contribution in [3.8, 4) is 11.5 Å². The van der Waals surface area contributed by atoms with E-state index in [0.717, 1.165) is 18.4 Å². The molecule has 6 nitrogen and oxygen atoms in total. The molecule has 1 aliphatic rings. The molecule has 0 spiro atoms. The van der Waals surface area contributed by atoms with E-state index in [1.807, 2.05) is 68.3 Å². The first kappa shape index (κ1) is 23.1. The Morgan fingerprint density at radius 2 is 1.67 bits per heavy atom. The third kappa shape index (κ3) is 5.01. The number of phenols is 1. The summed E-state index contributed by atoms with van der Waals surface area (Å²) in [6.07, 6.45) is 1.54. The summed E-state index contributed by atoms with van der Waals surface area (Å²) in [5, 5.41) is 19.3. The van der Waals surface area contributed by atoms with Gasteiger partial charge in [0.2, 0.25) is 0 Å². The Morgan fingerprint density at radius 1 is 1.10 bits per heavy atom. The zero-order valence-electron chi connectivity index (χ0n) is 16.7. The second-order valence-corrected chi connectivity index (χ2v) is 10.1. The normalized spacial score (nSPS) is 15.1. The molecule has 2 N–H and O–H groups in total. The highest BCUT2D eigenvalue weighted by atomic mass is 127. The van der Waals surface area contributed by atoms with Gasteiger partial charge in [0.15, 0.2) is 5.60 Å². The molecule has 2 aromatic carbocycles. The number of hydrogen-bond donors (Lipinski definition) is 2.